The third-order valence-electron chi connectivity index (χ3n) is 3.14. The maximum atomic E-state index is 6.05. The van der Waals surface area contributed by atoms with Crippen molar-refractivity contribution in [3.05, 3.63) is 41.2 Å². The molecule has 4 aromatic rings. The van der Waals surface area contributed by atoms with Crippen molar-refractivity contribution in [1.82, 2.24) is 20.1 Å². The van der Waals surface area contributed by atoms with E-state index in [9.17, 15) is 0 Å². The maximum absolute atomic E-state index is 6.05. The van der Waals surface area contributed by atoms with E-state index in [0.29, 0.717) is 16.6 Å². The summed E-state index contributed by atoms with van der Waals surface area (Å²) in [4.78, 5) is 12.2. The van der Waals surface area contributed by atoms with E-state index >= 15 is 0 Å². The number of nitrogens with zero attached hydrogens (tertiary/aromatic N) is 3. The molecule has 98 valence electrons. The summed E-state index contributed by atoms with van der Waals surface area (Å²) < 4.78 is 5.23. The summed E-state index contributed by atoms with van der Waals surface area (Å²) in [6, 6.07) is 7.39. The molecule has 0 unspecified atom stereocenters. The lowest BCUT2D eigenvalue weighted by atomic mass is 10.2. The van der Waals surface area contributed by atoms with E-state index < -0.39 is 0 Å². The van der Waals surface area contributed by atoms with Gasteiger partial charge in [-0.1, -0.05) is 16.8 Å². The van der Waals surface area contributed by atoms with Gasteiger partial charge in [0.25, 0.3) is 0 Å². The van der Waals surface area contributed by atoms with E-state index in [0.717, 1.165) is 27.6 Å². The molecule has 0 aliphatic rings. The molecule has 6 heteroatoms. The fraction of sp³-hybridized carbons (Fsp3) is 0.0714. The summed E-state index contributed by atoms with van der Waals surface area (Å²) in [6.45, 7) is 1.87. The second-order valence-corrected chi connectivity index (χ2v) is 5.04. The summed E-state index contributed by atoms with van der Waals surface area (Å²) >= 11 is 6.05. The van der Waals surface area contributed by atoms with Gasteiger partial charge in [0.1, 0.15) is 5.52 Å². The van der Waals surface area contributed by atoms with Crippen LogP contribution in [0.2, 0.25) is 5.02 Å². The molecular weight excluding hydrogens is 276 g/mol. The highest BCUT2D eigenvalue weighted by atomic mass is 35.5. The van der Waals surface area contributed by atoms with E-state index in [1.807, 2.05) is 31.2 Å². The average molecular weight is 285 g/mol. The quantitative estimate of drug-likeness (QED) is 0.578. The van der Waals surface area contributed by atoms with Crippen molar-refractivity contribution in [2.24, 2.45) is 0 Å². The van der Waals surface area contributed by atoms with Gasteiger partial charge in [0.05, 0.1) is 22.9 Å². The van der Waals surface area contributed by atoms with Crippen LogP contribution in [0, 0.1) is 6.92 Å². The Morgan fingerprint density at radius 3 is 2.95 bits per heavy atom. The number of fused-ring (bicyclic) bond motifs is 3. The second-order valence-electron chi connectivity index (χ2n) is 4.60. The molecule has 0 aliphatic carbocycles. The number of hydrogen-bond donors (Lipinski definition) is 1. The molecule has 0 saturated carbocycles. The van der Waals surface area contributed by atoms with Gasteiger partial charge >= 0.3 is 0 Å². The number of aryl methyl sites for hydroxylation is 1. The highest BCUT2D eigenvalue weighted by molar-refractivity contribution is 6.31. The topological polar surface area (TPSA) is 67.6 Å². The lowest BCUT2D eigenvalue weighted by molar-refractivity contribution is 0.425. The lowest BCUT2D eigenvalue weighted by Gasteiger charge is -1.97. The van der Waals surface area contributed by atoms with Gasteiger partial charge in [-0.25, -0.2) is 4.98 Å². The third-order valence-corrected chi connectivity index (χ3v) is 3.37. The minimum Gasteiger partial charge on any atom is -0.353 e. The normalized spacial score (nSPS) is 11.5. The molecule has 0 radical (unpaired) electrons. The number of aromatic amines is 1. The zero-order chi connectivity index (χ0) is 13.7. The zero-order valence-corrected chi connectivity index (χ0v) is 11.3. The number of pyridine rings is 1. The minimum atomic E-state index is 0.605. The number of halogens is 1. The summed E-state index contributed by atoms with van der Waals surface area (Å²) in [7, 11) is 0. The number of imidazole rings is 1. The molecule has 0 spiro atoms. The first-order valence-corrected chi connectivity index (χ1v) is 6.46. The van der Waals surface area contributed by atoms with Crippen LogP contribution < -0.4 is 0 Å². The monoisotopic (exact) mass is 284 g/mol. The van der Waals surface area contributed by atoms with Crippen LogP contribution in [0.4, 0.5) is 0 Å². The van der Waals surface area contributed by atoms with Crippen LogP contribution in [0.1, 0.15) is 5.69 Å². The predicted molar refractivity (Wildman–Crippen MR) is 76.6 cm³/mol. The van der Waals surface area contributed by atoms with Gasteiger partial charge in [-0.2, -0.15) is 0 Å². The lowest BCUT2D eigenvalue weighted by Crippen LogP contribution is -1.80. The van der Waals surface area contributed by atoms with Crippen molar-refractivity contribution in [3.63, 3.8) is 0 Å². The fourth-order valence-corrected chi connectivity index (χ4v) is 2.39. The zero-order valence-electron chi connectivity index (χ0n) is 10.5. The number of benzene rings is 1. The maximum Gasteiger partial charge on any atom is 0.202 e. The standard InChI is InChI=1S/C14H9ClN4O/c1-7-4-12(20-19-7)14-17-11-6-16-10-3-2-8(15)5-9(10)13(11)18-14/h2-6H,1H3,(H,17,18). The number of H-pyrrole nitrogens is 1. The number of aromatic nitrogens is 4. The van der Waals surface area contributed by atoms with Gasteiger partial charge in [-0.3, -0.25) is 4.98 Å². The van der Waals surface area contributed by atoms with Crippen LogP contribution in [0.25, 0.3) is 33.5 Å². The fourth-order valence-electron chi connectivity index (χ4n) is 2.22. The molecule has 4 rings (SSSR count). The van der Waals surface area contributed by atoms with Crippen molar-refractivity contribution < 1.29 is 4.52 Å². The Hall–Kier alpha value is -2.40. The van der Waals surface area contributed by atoms with Crippen molar-refractivity contribution in [2.75, 3.05) is 0 Å². The SMILES string of the molecule is Cc1cc(-c2nc3c(cnc4ccc(Cl)cc43)[nH]2)on1. The van der Waals surface area contributed by atoms with Gasteiger partial charge in [0.15, 0.2) is 5.82 Å². The Labute approximate surface area is 118 Å². The van der Waals surface area contributed by atoms with Crippen LogP contribution in [-0.4, -0.2) is 20.1 Å². The van der Waals surface area contributed by atoms with Crippen LogP contribution in [0.5, 0.6) is 0 Å². The van der Waals surface area contributed by atoms with Crippen LogP contribution in [0.15, 0.2) is 35.0 Å². The van der Waals surface area contributed by atoms with Crippen LogP contribution >= 0.6 is 11.6 Å². The van der Waals surface area contributed by atoms with Gasteiger partial charge in [-0.15, -0.1) is 0 Å². The van der Waals surface area contributed by atoms with Crippen molar-refractivity contribution in [2.45, 2.75) is 6.92 Å². The number of hydrogen-bond acceptors (Lipinski definition) is 4. The first-order valence-electron chi connectivity index (χ1n) is 6.08. The molecule has 3 heterocycles. The summed E-state index contributed by atoms with van der Waals surface area (Å²) in [5, 5.41) is 5.44. The largest absolute Gasteiger partial charge is 0.353 e. The summed E-state index contributed by atoms with van der Waals surface area (Å²) in [5.74, 6) is 1.24. The Morgan fingerprint density at radius 1 is 1.25 bits per heavy atom. The number of rotatable bonds is 1. The Balaban J connectivity index is 2.03. The summed E-state index contributed by atoms with van der Waals surface area (Å²) in [5.41, 5.74) is 3.32. The first kappa shape index (κ1) is 11.4. The van der Waals surface area contributed by atoms with Gasteiger partial charge in [-0.05, 0) is 25.1 Å². The third kappa shape index (κ3) is 1.67. The van der Waals surface area contributed by atoms with E-state index in [2.05, 4.69) is 20.1 Å². The molecule has 20 heavy (non-hydrogen) atoms. The van der Waals surface area contributed by atoms with Gasteiger partial charge in [0.2, 0.25) is 5.76 Å². The van der Waals surface area contributed by atoms with E-state index in [1.54, 1.807) is 6.20 Å². The van der Waals surface area contributed by atoms with E-state index in [4.69, 9.17) is 16.1 Å². The predicted octanol–water partition coefficient (Wildman–Crippen LogP) is 3.73. The molecule has 0 aliphatic heterocycles. The van der Waals surface area contributed by atoms with Gasteiger partial charge in [0, 0.05) is 16.5 Å². The van der Waals surface area contributed by atoms with Gasteiger partial charge < -0.3 is 9.51 Å². The van der Waals surface area contributed by atoms with Crippen molar-refractivity contribution >= 4 is 33.5 Å². The molecule has 0 atom stereocenters. The second kappa shape index (κ2) is 4.05. The van der Waals surface area contributed by atoms with Crippen molar-refractivity contribution in [3.8, 4) is 11.6 Å². The minimum absolute atomic E-state index is 0.605. The van der Waals surface area contributed by atoms with E-state index in [-0.39, 0.29) is 0 Å². The average Bonchev–Trinajstić information content (AvgIpc) is 3.04. The molecule has 0 fully saturated rings. The van der Waals surface area contributed by atoms with Crippen LogP contribution in [0.3, 0.4) is 0 Å². The molecule has 1 N–H and O–H groups in total. The highest BCUT2D eigenvalue weighted by Gasteiger charge is 2.12. The Bertz CT molecular complexity index is 941. The molecule has 5 nitrogen and oxygen atoms in total. The molecule has 0 saturated heterocycles. The number of nitrogens with one attached hydrogen (secondary N) is 1. The first-order chi connectivity index (χ1) is 9.70. The Morgan fingerprint density at radius 2 is 2.15 bits per heavy atom. The molecule has 0 amide bonds. The van der Waals surface area contributed by atoms with E-state index in [1.165, 1.54) is 0 Å². The molecule has 0 bridgehead atoms. The Kier molecular flexibility index (Phi) is 2.31. The summed E-state index contributed by atoms with van der Waals surface area (Å²) in [6.07, 6.45) is 1.76. The smallest absolute Gasteiger partial charge is 0.202 e. The van der Waals surface area contributed by atoms with Crippen molar-refractivity contribution in [1.29, 1.82) is 0 Å². The van der Waals surface area contributed by atoms with Crippen LogP contribution in [-0.2, 0) is 0 Å². The molecule has 1 aromatic carbocycles. The molecular formula is C14H9ClN4O. The highest BCUT2D eigenvalue weighted by Crippen LogP contribution is 2.27. The molecule has 3 aromatic heterocycles.